The van der Waals surface area contributed by atoms with Gasteiger partial charge in [-0.2, -0.15) is 0 Å². The minimum Gasteiger partial charge on any atom is -0.326 e. The predicted molar refractivity (Wildman–Crippen MR) is 211 cm³/mol. The van der Waals surface area contributed by atoms with Gasteiger partial charge >= 0.3 is 0 Å². The summed E-state index contributed by atoms with van der Waals surface area (Å²) >= 11 is 0. The number of anilines is 1. The van der Waals surface area contributed by atoms with Crippen molar-refractivity contribution < 1.29 is 14.4 Å². The fourth-order valence-electron chi connectivity index (χ4n) is 7.07. The molecule has 0 fully saturated rings. The number of carbonyl (C=O) groups is 3. The standard InChI is InChI=1S/C44H53N2O3P/c1-6-35(5)46-43(48)40-29-22-36(31-41(40)44(46)49)45-42(47)15-13-11-9-7-8-10-12-14-30-50(37-23-16-32(2)17-24-37,38-25-18-33(3)19-26-38)39-27-20-34(4)21-28-39/h16-29,31,35H,6-15,30H2,1-5H3/p+1. The molecule has 5 rings (SSSR count). The predicted octanol–water partition coefficient (Wildman–Crippen LogP) is 9.45. The van der Waals surface area contributed by atoms with E-state index in [0.717, 1.165) is 19.3 Å². The van der Waals surface area contributed by atoms with Gasteiger partial charge in [0, 0.05) is 18.2 Å². The first kappa shape index (κ1) is 37.2. The maximum absolute atomic E-state index is 12.8. The van der Waals surface area contributed by atoms with Crippen molar-refractivity contribution in [3.8, 4) is 0 Å². The summed E-state index contributed by atoms with van der Waals surface area (Å²) in [5.41, 5.74) is 5.25. The first-order valence-corrected chi connectivity index (χ1v) is 20.5. The van der Waals surface area contributed by atoms with Crippen molar-refractivity contribution in [1.29, 1.82) is 0 Å². The third-order valence-electron chi connectivity index (χ3n) is 10.3. The van der Waals surface area contributed by atoms with Crippen molar-refractivity contribution in [2.24, 2.45) is 0 Å². The Morgan fingerprint density at radius 1 is 0.620 bits per heavy atom. The van der Waals surface area contributed by atoms with E-state index in [1.54, 1.807) is 18.2 Å². The van der Waals surface area contributed by atoms with Gasteiger partial charge in [0.1, 0.15) is 23.2 Å². The van der Waals surface area contributed by atoms with E-state index in [2.05, 4.69) is 98.9 Å². The van der Waals surface area contributed by atoms with Crippen LogP contribution in [0, 0.1) is 20.8 Å². The van der Waals surface area contributed by atoms with E-state index in [4.69, 9.17) is 0 Å². The molecule has 1 aliphatic rings. The average Bonchev–Trinajstić information content (AvgIpc) is 3.36. The molecule has 1 aliphatic heterocycles. The van der Waals surface area contributed by atoms with Crippen LogP contribution in [0.1, 0.15) is 115 Å². The number of benzene rings is 4. The van der Waals surface area contributed by atoms with Crippen LogP contribution in [0.4, 0.5) is 5.69 Å². The van der Waals surface area contributed by atoms with Gasteiger partial charge in [0.15, 0.2) is 0 Å². The molecule has 4 aromatic carbocycles. The van der Waals surface area contributed by atoms with Gasteiger partial charge in [0.25, 0.3) is 11.8 Å². The summed E-state index contributed by atoms with van der Waals surface area (Å²) in [4.78, 5) is 39.5. The summed E-state index contributed by atoms with van der Waals surface area (Å²) < 4.78 is 0. The molecule has 1 unspecified atom stereocenters. The topological polar surface area (TPSA) is 66.5 Å². The van der Waals surface area contributed by atoms with Crippen molar-refractivity contribution in [2.45, 2.75) is 105 Å². The number of rotatable bonds is 17. The molecule has 4 aromatic rings. The number of nitrogens with zero attached hydrogens (tertiary/aromatic N) is 1. The molecule has 5 nitrogen and oxygen atoms in total. The second kappa shape index (κ2) is 17.2. The monoisotopic (exact) mass is 689 g/mol. The van der Waals surface area contributed by atoms with Gasteiger partial charge in [-0.3, -0.25) is 19.3 Å². The van der Waals surface area contributed by atoms with Gasteiger partial charge in [0.05, 0.1) is 17.3 Å². The molecule has 0 spiro atoms. The lowest BCUT2D eigenvalue weighted by atomic mass is 10.1. The summed E-state index contributed by atoms with van der Waals surface area (Å²) in [6.45, 7) is 10.3. The second-order valence-electron chi connectivity index (χ2n) is 14.2. The number of amides is 3. The van der Waals surface area contributed by atoms with Crippen LogP contribution in [-0.2, 0) is 4.79 Å². The number of aryl methyl sites for hydroxylation is 3. The van der Waals surface area contributed by atoms with Crippen molar-refractivity contribution in [1.82, 2.24) is 4.90 Å². The Bertz CT molecular complexity index is 1650. The van der Waals surface area contributed by atoms with Gasteiger partial charge in [0.2, 0.25) is 5.91 Å². The van der Waals surface area contributed by atoms with Gasteiger partial charge in [-0.1, -0.05) is 92.1 Å². The number of unbranched alkanes of at least 4 members (excludes halogenated alkanes) is 7. The Morgan fingerprint density at radius 3 is 1.54 bits per heavy atom. The molecule has 0 aliphatic carbocycles. The molecule has 50 heavy (non-hydrogen) atoms. The average molecular weight is 690 g/mol. The summed E-state index contributed by atoms with van der Waals surface area (Å²) in [6, 6.07) is 32.7. The molecule has 1 atom stereocenters. The maximum atomic E-state index is 12.8. The molecule has 6 heteroatoms. The van der Waals surface area contributed by atoms with Gasteiger partial charge in [-0.25, -0.2) is 0 Å². The lowest BCUT2D eigenvalue weighted by Crippen LogP contribution is -2.37. The van der Waals surface area contributed by atoms with Crippen molar-refractivity contribution in [2.75, 3.05) is 11.5 Å². The lowest BCUT2D eigenvalue weighted by molar-refractivity contribution is -0.116. The minimum atomic E-state index is -1.81. The highest BCUT2D eigenvalue weighted by Crippen LogP contribution is 2.56. The molecule has 1 N–H and O–H groups in total. The number of hydrogen-bond donors (Lipinski definition) is 1. The summed E-state index contributed by atoms with van der Waals surface area (Å²) in [7, 11) is -1.81. The maximum Gasteiger partial charge on any atom is 0.261 e. The molecule has 0 aromatic heterocycles. The molecular weight excluding hydrogens is 635 g/mol. The Kier molecular flexibility index (Phi) is 12.8. The highest BCUT2D eigenvalue weighted by molar-refractivity contribution is 7.95. The third kappa shape index (κ3) is 8.61. The molecule has 3 amide bonds. The minimum absolute atomic E-state index is 0.0527. The van der Waals surface area contributed by atoms with Crippen LogP contribution in [0.3, 0.4) is 0 Å². The van der Waals surface area contributed by atoms with Crippen LogP contribution in [0.15, 0.2) is 91.0 Å². The Morgan fingerprint density at radius 2 is 1.06 bits per heavy atom. The SMILES string of the molecule is CCC(C)N1C(=O)c2ccc(NC(=O)CCCCCCCCCC[P+](c3ccc(C)cc3)(c3ccc(C)cc3)c3ccc(C)cc3)cc2C1=O. The van der Waals surface area contributed by atoms with Crippen LogP contribution in [-0.4, -0.2) is 34.8 Å². The normalized spacial score (nSPS) is 13.4. The fraction of sp³-hybridized carbons (Fsp3) is 0.386. The largest absolute Gasteiger partial charge is 0.326 e. The van der Waals surface area contributed by atoms with Gasteiger partial charge in [-0.15, -0.1) is 0 Å². The summed E-state index contributed by atoms with van der Waals surface area (Å²) in [5, 5.41) is 7.32. The van der Waals surface area contributed by atoms with E-state index in [1.165, 1.54) is 75.8 Å². The number of imide groups is 1. The van der Waals surface area contributed by atoms with Crippen LogP contribution in [0.25, 0.3) is 0 Å². The number of fused-ring (bicyclic) bond motifs is 1. The molecule has 0 bridgehead atoms. The molecule has 1 heterocycles. The van der Waals surface area contributed by atoms with Crippen molar-refractivity contribution in [3.63, 3.8) is 0 Å². The molecule has 0 saturated heterocycles. The second-order valence-corrected chi connectivity index (χ2v) is 17.8. The van der Waals surface area contributed by atoms with Crippen LogP contribution in [0.5, 0.6) is 0 Å². The lowest BCUT2D eigenvalue weighted by Gasteiger charge is -2.28. The van der Waals surface area contributed by atoms with Crippen LogP contribution >= 0.6 is 7.26 Å². The molecule has 0 radical (unpaired) electrons. The zero-order valence-corrected chi connectivity index (χ0v) is 31.5. The third-order valence-corrected chi connectivity index (χ3v) is 14.8. The number of nitrogens with one attached hydrogen (secondary N) is 1. The Hall–Kier alpha value is -4.08. The summed E-state index contributed by atoms with van der Waals surface area (Å²) in [6.07, 6.45) is 11.4. The zero-order valence-electron chi connectivity index (χ0n) is 30.6. The van der Waals surface area contributed by atoms with E-state index >= 15 is 0 Å². The first-order chi connectivity index (χ1) is 24.1. The summed E-state index contributed by atoms with van der Waals surface area (Å²) in [5.74, 6) is -0.582. The van der Waals surface area contributed by atoms with Gasteiger partial charge < -0.3 is 5.32 Å². The molecule has 0 saturated carbocycles. The number of hydrogen-bond acceptors (Lipinski definition) is 3. The first-order valence-electron chi connectivity index (χ1n) is 18.6. The number of carbonyl (C=O) groups excluding carboxylic acids is 3. The Balaban J connectivity index is 1.07. The smallest absolute Gasteiger partial charge is 0.261 e. The fourth-order valence-corrected chi connectivity index (χ4v) is 11.4. The van der Waals surface area contributed by atoms with Crippen LogP contribution in [0.2, 0.25) is 0 Å². The van der Waals surface area contributed by atoms with Crippen molar-refractivity contribution in [3.05, 3.63) is 119 Å². The van der Waals surface area contributed by atoms with Crippen LogP contribution < -0.4 is 21.2 Å². The zero-order chi connectivity index (χ0) is 35.7. The molecular formula is C44H54N2O3P+. The highest BCUT2D eigenvalue weighted by atomic mass is 31.2. The van der Waals surface area contributed by atoms with E-state index in [1.807, 2.05) is 13.8 Å². The molecule has 262 valence electrons. The van der Waals surface area contributed by atoms with E-state index < -0.39 is 7.26 Å². The van der Waals surface area contributed by atoms with E-state index in [-0.39, 0.29) is 23.8 Å². The quantitative estimate of drug-likeness (QED) is 0.0683. The van der Waals surface area contributed by atoms with Gasteiger partial charge in [-0.05, 0) is 108 Å². The highest BCUT2D eigenvalue weighted by Gasteiger charge is 2.44. The van der Waals surface area contributed by atoms with E-state index in [9.17, 15) is 14.4 Å². The van der Waals surface area contributed by atoms with E-state index in [0.29, 0.717) is 29.7 Å². The van der Waals surface area contributed by atoms with Crippen molar-refractivity contribution >= 4 is 46.6 Å². The Labute approximate surface area is 300 Å².